The number of ether oxygens (including phenoxy) is 2. The number of aliphatic hydroxyl groups excluding tert-OH is 1. The number of methoxy groups -OCH3 is 1. The first kappa shape index (κ1) is 19.4. The molecule has 1 aliphatic carbocycles. The molecule has 27 heavy (non-hydrogen) atoms. The van der Waals surface area contributed by atoms with Crippen molar-refractivity contribution >= 4 is 6.09 Å². The lowest BCUT2D eigenvalue weighted by molar-refractivity contribution is -0.0000903. The summed E-state index contributed by atoms with van der Waals surface area (Å²) in [4.78, 5) is 12.0. The molecule has 8 nitrogen and oxygen atoms in total. The summed E-state index contributed by atoms with van der Waals surface area (Å²) in [5.74, 6) is 0.853. The maximum Gasteiger partial charge on any atom is 0.407 e. The predicted molar refractivity (Wildman–Crippen MR) is 99.3 cm³/mol. The van der Waals surface area contributed by atoms with Crippen LogP contribution in [0.3, 0.4) is 0 Å². The standard InChI is InChI=1S/C19H28N4O4/c1-12(2)20-19(25)27-16-9-6-14(11-24)18-17(16)21-22-23(18)10-13-4-7-15(26-3)8-5-13/h4-5,7-8,12,14,16-18,24H,6,9-11H2,1-3H3,(H,20,25). The van der Waals surface area contributed by atoms with Crippen LogP contribution in [0.4, 0.5) is 4.79 Å². The summed E-state index contributed by atoms with van der Waals surface area (Å²) >= 11 is 0. The van der Waals surface area contributed by atoms with Crippen molar-refractivity contribution in [2.45, 2.75) is 57.5 Å². The van der Waals surface area contributed by atoms with Crippen LogP contribution in [0.2, 0.25) is 0 Å². The minimum absolute atomic E-state index is 0.0128. The highest BCUT2D eigenvalue weighted by Crippen LogP contribution is 2.37. The molecule has 2 aliphatic rings. The largest absolute Gasteiger partial charge is 0.497 e. The summed E-state index contributed by atoms with van der Waals surface area (Å²) < 4.78 is 10.8. The zero-order valence-electron chi connectivity index (χ0n) is 16.0. The lowest BCUT2D eigenvalue weighted by atomic mass is 9.79. The Hall–Kier alpha value is -2.35. The Balaban J connectivity index is 1.69. The van der Waals surface area contributed by atoms with E-state index in [1.54, 1.807) is 7.11 Å². The Bertz CT molecular complexity index is 664. The summed E-state index contributed by atoms with van der Waals surface area (Å²) in [5, 5.41) is 23.2. The highest BCUT2D eigenvalue weighted by atomic mass is 16.6. The quantitative estimate of drug-likeness (QED) is 0.795. The van der Waals surface area contributed by atoms with Gasteiger partial charge in [-0.2, -0.15) is 5.11 Å². The number of rotatable bonds is 6. The molecular formula is C19H28N4O4. The average Bonchev–Trinajstić information content (AvgIpc) is 3.06. The van der Waals surface area contributed by atoms with E-state index >= 15 is 0 Å². The van der Waals surface area contributed by atoms with Crippen molar-refractivity contribution in [1.29, 1.82) is 0 Å². The van der Waals surface area contributed by atoms with Gasteiger partial charge >= 0.3 is 6.09 Å². The average molecular weight is 376 g/mol. The number of alkyl carbamates (subject to hydrolysis) is 1. The van der Waals surface area contributed by atoms with Crippen LogP contribution < -0.4 is 10.1 Å². The molecular weight excluding hydrogens is 348 g/mol. The highest BCUT2D eigenvalue weighted by molar-refractivity contribution is 5.67. The summed E-state index contributed by atoms with van der Waals surface area (Å²) in [6, 6.07) is 7.47. The van der Waals surface area contributed by atoms with Gasteiger partial charge in [0.2, 0.25) is 0 Å². The Morgan fingerprint density at radius 2 is 2.07 bits per heavy atom. The summed E-state index contributed by atoms with van der Waals surface area (Å²) in [6.07, 6.45) is 0.676. The molecule has 4 atom stereocenters. The maximum absolute atomic E-state index is 12.0. The first-order valence-corrected chi connectivity index (χ1v) is 9.40. The molecule has 148 valence electrons. The second kappa shape index (κ2) is 8.56. The van der Waals surface area contributed by atoms with E-state index < -0.39 is 6.09 Å². The van der Waals surface area contributed by atoms with E-state index in [0.29, 0.717) is 13.0 Å². The van der Waals surface area contributed by atoms with Crippen LogP contribution in [-0.4, -0.2) is 54.2 Å². The summed E-state index contributed by atoms with van der Waals surface area (Å²) in [7, 11) is 1.64. The number of fused-ring (bicyclic) bond motifs is 1. The molecule has 1 fully saturated rings. The van der Waals surface area contributed by atoms with Crippen molar-refractivity contribution < 1.29 is 19.4 Å². The first-order chi connectivity index (χ1) is 13.0. The second-order valence-corrected chi connectivity index (χ2v) is 7.39. The molecule has 1 saturated carbocycles. The number of carbonyl (C=O) groups is 1. The van der Waals surface area contributed by atoms with Gasteiger partial charge in [0.15, 0.2) is 0 Å². The van der Waals surface area contributed by atoms with Crippen LogP contribution >= 0.6 is 0 Å². The minimum atomic E-state index is -0.431. The van der Waals surface area contributed by atoms with Crippen molar-refractivity contribution in [2.24, 2.45) is 16.3 Å². The summed E-state index contributed by atoms with van der Waals surface area (Å²) in [5.41, 5.74) is 1.08. The molecule has 1 amide bonds. The number of aliphatic hydroxyl groups is 1. The van der Waals surface area contributed by atoms with Gasteiger partial charge in [0.25, 0.3) is 0 Å². The van der Waals surface area contributed by atoms with Gasteiger partial charge in [-0.25, -0.2) is 4.79 Å². The van der Waals surface area contributed by atoms with Crippen molar-refractivity contribution in [2.75, 3.05) is 13.7 Å². The van der Waals surface area contributed by atoms with Gasteiger partial charge in [-0.15, -0.1) is 0 Å². The topological polar surface area (TPSA) is 95.8 Å². The molecule has 0 aromatic heterocycles. The van der Waals surface area contributed by atoms with Crippen LogP contribution in [0, 0.1) is 5.92 Å². The molecule has 1 aliphatic heterocycles. The van der Waals surface area contributed by atoms with E-state index in [4.69, 9.17) is 9.47 Å². The lowest BCUT2D eigenvalue weighted by Gasteiger charge is -2.39. The molecule has 2 N–H and O–H groups in total. The van der Waals surface area contributed by atoms with Gasteiger partial charge in [0.1, 0.15) is 17.9 Å². The van der Waals surface area contributed by atoms with Crippen molar-refractivity contribution in [3.8, 4) is 5.75 Å². The summed E-state index contributed by atoms with van der Waals surface area (Å²) in [6.45, 7) is 4.42. The van der Waals surface area contributed by atoms with Crippen LogP contribution in [-0.2, 0) is 11.3 Å². The van der Waals surface area contributed by atoms with E-state index in [0.717, 1.165) is 17.7 Å². The number of nitrogens with one attached hydrogen (secondary N) is 1. The first-order valence-electron chi connectivity index (χ1n) is 9.40. The molecule has 0 spiro atoms. The van der Waals surface area contributed by atoms with Gasteiger partial charge in [-0.3, -0.25) is 5.01 Å². The van der Waals surface area contributed by atoms with Gasteiger partial charge in [-0.1, -0.05) is 17.4 Å². The second-order valence-electron chi connectivity index (χ2n) is 7.39. The molecule has 1 aromatic rings. The minimum Gasteiger partial charge on any atom is -0.497 e. The number of benzene rings is 1. The van der Waals surface area contributed by atoms with Crippen molar-refractivity contribution in [3.63, 3.8) is 0 Å². The number of hydrogen-bond acceptors (Lipinski definition) is 7. The van der Waals surface area contributed by atoms with Crippen molar-refractivity contribution in [1.82, 2.24) is 10.3 Å². The SMILES string of the molecule is COc1ccc(CN2N=NC3C(OC(=O)NC(C)C)CCC(CO)C32)cc1. The fourth-order valence-electron chi connectivity index (χ4n) is 3.76. The third-order valence-corrected chi connectivity index (χ3v) is 5.08. The van der Waals surface area contributed by atoms with E-state index in [2.05, 4.69) is 15.7 Å². The van der Waals surface area contributed by atoms with Crippen LogP contribution in [0.5, 0.6) is 5.75 Å². The van der Waals surface area contributed by atoms with Gasteiger partial charge in [-0.05, 0) is 44.4 Å². The zero-order chi connectivity index (χ0) is 19.4. The fraction of sp³-hybridized carbons (Fsp3) is 0.632. The van der Waals surface area contributed by atoms with Crippen molar-refractivity contribution in [3.05, 3.63) is 29.8 Å². The number of nitrogens with zero attached hydrogens (tertiary/aromatic N) is 3. The molecule has 8 heteroatoms. The third-order valence-electron chi connectivity index (χ3n) is 5.08. The van der Waals surface area contributed by atoms with E-state index in [-0.39, 0.29) is 36.8 Å². The molecule has 1 aromatic carbocycles. The smallest absolute Gasteiger partial charge is 0.407 e. The molecule has 4 unspecified atom stereocenters. The fourth-order valence-corrected chi connectivity index (χ4v) is 3.76. The number of carbonyl (C=O) groups excluding carboxylic acids is 1. The monoisotopic (exact) mass is 376 g/mol. The maximum atomic E-state index is 12.0. The Morgan fingerprint density at radius 3 is 2.70 bits per heavy atom. The van der Waals surface area contributed by atoms with Gasteiger partial charge in [0, 0.05) is 18.6 Å². The van der Waals surface area contributed by atoms with E-state index in [1.807, 2.05) is 43.1 Å². The van der Waals surface area contributed by atoms with E-state index in [1.165, 1.54) is 0 Å². The van der Waals surface area contributed by atoms with Gasteiger partial charge < -0.3 is 19.9 Å². The molecule has 3 rings (SSSR count). The van der Waals surface area contributed by atoms with Crippen LogP contribution in [0.15, 0.2) is 34.6 Å². The molecule has 0 radical (unpaired) electrons. The van der Waals surface area contributed by atoms with E-state index in [9.17, 15) is 9.90 Å². The Labute approximate surface area is 159 Å². The molecule has 0 bridgehead atoms. The Kier molecular flexibility index (Phi) is 6.15. The van der Waals surface area contributed by atoms with Crippen LogP contribution in [0.25, 0.3) is 0 Å². The molecule has 0 saturated heterocycles. The predicted octanol–water partition coefficient (Wildman–Crippen LogP) is 2.52. The lowest BCUT2D eigenvalue weighted by Crippen LogP contribution is -2.52. The van der Waals surface area contributed by atoms with Gasteiger partial charge in [0.05, 0.1) is 19.7 Å². The highest BCUT2D eigenvalue weighted by Gasteiger charge is 2.47. The Morgan fingerprint density at radius 1 is 1.33 bits per heavy atom. The number of hydrogen-bond donors (Lipinski definition) is 2. The third kappa shape index (κ3) is 4.50. The normalized spacial score (nSPS) is 26.8. The zero-order valence-corrected chi connectivity index (χ0v) is 16.0. The molecule has 1 heterocycles. The number of amides is 1. The van der Waals surface area contributed by atoms with Crippen LogP contribution in [0.1, 0.15) is 32.3 Å².